The van der Waals surface area contributed by atoms with Gasteiger partial charge in [0.1, 0.15) is 0 Å². The molecule has 3 rings (SSSR count). The standard InChI is InChI=1S/C22H23N3O/c1-15-5-4-6-18(9-15)12-24-22(26)19-11-21(14-23-13-19)25-20-8-7-16(2)17(3)10-20/h4-11,13-14,25H,12H2,1-3H3,(H,24,26). The topological polar surface area (TPSA) is 54.0 Å². The van der Waals surface area contributed by atoms with Gasteiger partial charge in [0.05, 0.1) is 17.4 Å². The van der Waals surface area contributed by atoms with Crippen molar-refractivity contribution in [3.05, 3.63) is 88.7 Å². The molecule has 26 heavy (non-hydrogen) atoms. The van der Waals surface area contributed by atoms with E-state index in [1.165, 1.54) is 16.7 Å². The molecule has 1 amide bonds. The van der Waals surface area contributed by atoms with E-state index in [1.807, 2.05) is 37.3 Å². The van der Waals surface area contributed by atoms with Crippen molar-refractivity contribution in [1.82, 2.24) is 10.3 Å². The summed E-state index contributed by atoms with van der Waals surface area (Å²) in [5.74, 6) is -0.136. The number of benzene rings is 2. The van der Waals surface area contributed by atoms with Gasteiger partial charge in [-0.25, -0.2) is 0 Å². The first-order valence-electron chi connectivity index (χ1n) is 8.64. The summed E-state index contributed by atoms with van der Waals surface area (Å²) < 4.78 is 0. The quantitative estimate of drug-likeness (QED) is 0.706. The summed E-state index contributed by atoms with van der Waals surface area (Å²) in [6.07, 6.45) is 3.30. The zero-order chi connectivity index (χ0) is 18.5. The lowest BCUT2D eigenvalue weighted by molar-refractivity contribution is 0.0950. The first kappa shape index (κ1) is 17.7. The molecule has 0 saturated carbocycles. The van der Waals surface area contributed by atoms with Gasteiger partial charge in [-0.05, 0) is 55.7 Å². The second-order valence-electron chi connectivity index (χ2n) is 6.56. The number of hydrogen-bond acceptors (Lipinski definition) is 3. The Balaban J connectivity index is 1.67. The molecule has 0 aliphatic rings. The van der Waals surface area contributed by atoms with Crippen molar-refractivity contribution in [2.24, 2.45) is 0 Å². The summed E-state index contributed by atoms with van der Waals surface area (Å²) in [6, 6.07) is 16.1. The summed E-state index contributed by atoms with van der Waals surface area (Å²) in [7, 11) is 0. The highest BCUT2D eigenvalue weighted by molar-refractivity contribution is 5.94. The Morgan fingerprint density at radius 3 is 2.54 bits per heavy atom. The van der Waals surface area contributed by atoms with E-state index in [0.717, 1.165) is 16.9 Å². The molecule has 0 atom stereocenters. The molecule has 1 aromatic heterocycles. The van der Waals surface area contributed by atoms with E-state index in [9.17, 15) is 4.79 Å². The lowest BCUT2D eigenvalue weighted by Crippen LogP contribution is -2.23. The number of carbonyl (C=O) groups is 1. The van der Waals surface area contributed by atoms with E-state index in [0.29, 0.717) is 12.1 Å². The van der Waals surface area contributed by atoms with Gasteiger partial charge in [-0.1, -0.05) is 35.9 Å². The molecule has 0 spiro atoms. The van der Waals surface area contributed by atoms with Gasteiger partial charge in [0.25, 0.3) is 5.91 Å². The minimum atomic E-state index is -0.136. The Morgan fingerprint density at radius 1 is 0.923 bits per heavy atom. The second-order valence-corrected chi connectivity index (χ2v) is 6.56. The number of hydrogen-bond donors (Lipinski definition) is 2. The fraction of sp³-hybridized carbons (Fsp3) is 0.182. The minimum Gasteiger partial charge on any atom is -0.354 e. The maximum atomic E-state index is 12.4. The molecule has 0 fully saturated rings. The van der Waals surface area contributed by atoms with Crippen molar-refractivity contribution >= 4 is 17.3 Å². The van der Waals surface area contributed by atoms with Crippen molar-refractivity contribution < 1.29 is 4.79 Å². The zero-order valence-corrected chi connectivity index (χ0v) is 15.3. The van der Waals surface area contributed by atoms with Gasteiger partial charge in [0, 0.05) is 18.4 Å². The van der Waals surface area contributed by atoms with E-state index in [-0.39, 0.29) is 5.91 Å². The Labute approximate surface area is 154 Å². The van der Waals surface area contributed by atoms with Gasteiger partial charge in [0.15, 0.2) is 0 Å². The predicted octanol–water partition coefficient (Wildman–Crippen LogP) is 4.68. The van der Waals surface area contributed by atoms with Crippen molar-refractivity contribution in [3.8, 4) is 0 Å². The molecule has 0 aliphatic heterocycles. The molecular formula is C22H23N3O. The normalized spacial score (nSPS) is 10.4. The molecule has 1 heterocycles. The van der Waals surface area contributed by atoms with Crippen LogP contribution in [0.3, 0.4) is 0 Å². The minimum absolute atomic E-state index is 0.136. The molecule has 0 radical (unpaired) electrons. The molecule has 3 aromatic rings. The van der Waals surface area contributed by atoms with Crippen molar-refractivity contribution in [3.63, 3.8) is 0 Å². The first-order valence-corrected chi connectivity index (χ1v) is 8.64. The highest BCUT2D eigenvalue weighted by atomic mass is 16.1. The Kier molecular flexibility index (Phi) is 5.32. The first-order chi connectivity index (χ1) is 12.5. The van der Waals surface area contributed by atoms with Crippen LogP contribution < -0.4 is 10.6 Å². The van der Waals surface area contributed by atoms with Gasteiger partial charge >= 0.3 is 0 Å². The molecule has 4 heteroatoms. The van der Waals surface area contributed by atoms with Crippen LogP contribution >= 0.6 is 0 Å². The molecule has 2 aromatic carbocycles. The molecule has 0 unspecified atom stereocenters. The fourth-order valence-corrected chi connectivity index (χ4v) is 2.72. The van der Waals surface area contributed by atoms with E-state index in [2.05, 4.69) is 47.7 Å². The summed E-state index contributed by atoms with van der Waals surface area (Å²) in [5.41, 5.74) is 7.02. The summed E-state index contributed by atoms with van der Waals surface area (Å²) in [4.78, 5) is 16.6. The smallest absolute Gasteiger partial charge is 0.253 e. The monoisotopic (exact) mass is 345 g/mol. The van der Waals surface area contributed by atoms with Crippen LogP contribution in [0.15, 0.2) is 60.9 Å². The third-order valence-electron chi connectivity index (χ3n) is 4.33. The third kappa shape index (κ3) is 4.48. The lowest BCUT2D eigenvalue weighted by Gasteiger charge is -2.10. The summed E-state index contributed by atoms with van der Waals surface area (Å²) in [6.45, 7) is 6.69. The van der Waals surface area contributed by atoms with Crippen LogP contribution in [-0.2, 0) is 6.54 Å². The van der Waals surface area contributed by atoms with Gasteiger partial charge in [-0.2, -0.15) is 0 Å². The van der Waals surface area contributed by atoms with Crippen molar-refractivity contribution in [2.45, 2.75) is 27.3 Å². The Bertz CT molecular complexity index is 934. The van der Waals surface area contributed by atoms with E-state index >= 15 is 0 Å². The molecule has 0 saturated heterocycles. The summed E-state index contributed by atoms with van der Waals surface area (Å²) in [5, 5.41) is 6.25. The number of pyridine rings is 1. The predicted molar refractivity (Wildman–Crippen MR) is 106 cm³/mol. The molecular weight excluding hydrogens is 322 g/mol. The van der Waals surface area contributed by atoms with Crippen LogP contribution in [0.5, 0.6) is 0 Å². The van der Waals surface area contributed by atoms with Gasteiger partial charge < -0.3 is 10.6 Å². The summed E-state index contributed by atoms with van der Waals surface area (Å²) >= 11 is 0. The number of carbonyl (C=O) groups excluding carboxylic acids is 1. The Morgan fingerprint density at radius 2 is 1.77 bits per heavy atom. The number of rotatable bonds is 5. The number of aryl methyl sites for hydroxylation is 3. The third-order valence-corrected chi connectivity index (χ3v) is 4.33. The van der Waals surface area contributed by atoms with Crippen LogP contribution in [0.2, 0.25) is 0 Å². The fourth-order valence-electron chi connectivity index (χ4n) is 2.72. The Hall–Kier alpha value is -3.14. The van der Waals surface area contributed by atoms with Crippen LogP contribution in [-0.4, -0.2) is 10.9 Å². The van der Waals surface area contributed by atoms with Crippen LogP contribution in [0.25, 0.3) is 0 Å². The lowest BCUT2D eigenvalue weighted by atomic mass is 10.1. The molecule has 0 bridgehead atoms. The maximum Gasteiger partial charge on any atom is 0.253 e. The average molecular weight is 345 g/mol. The maximum absolute atomic E-state index is 12.4. The van der Waals surface area contributed by atoms with E-state index in [1.54, 1.807) is 12.4 Å². The molecule has 0 aliphatic carbocycles. The van der Waals surface area contributed by atoms with E-state index < -0.39 is 0 Å². The number of amides is 1. The van der Waals surface area contributed by atoms with Crippen LogP contribution in [0, 0.1) is 20.8 Å². The highest BCUT2D eigenvalue weighted by Gasteiger charge is 2.07. The van der Waals surface area contributed by atoms with E-state index in [4.69, 9.17) is 0 Å². The van der Waals surface area contributed by atoms with Gasteiger partial charge in [-0.3, -0.25) is 9.78 Å². The largest absolute Gasteiger partial charge is 0.354 e. The second kappa shape index (κ2) is 7.83. The molecule has 4 nitrogen and oxygen atoms in total. The van der Waals surface area contributed by atoms with Crippen molar-refractivity contribution in [2.75, 3.05) is 5.32 Å². The SMILES string of the molecule is Cc1cccc(CNC(=O)c2cncc(Nc3ccc(C)c(C)c3)c2)c1. The average Bonchev–Trinajstić information content (AvgIpc) is 2.63. The number of anilines is 2. The molecule has 132 valence electrons. The van der Waals surface area contributed by atoms with Crippen LogP contribution in [0.4, 0.5) is 11.4 Å². The van der Waals surface area contributed by atoms with Gasteiger partial charge in [0.2, 0.25) is 0 Å². The number of aromatic nitrogens is 1. The molecule has 2 N–H and O–H groups in total. The van der Waals surface area contributed by atoms with Gasteiger partial charge in [-0.15, -0.1) is 0 Å². The zero-order valence-electron chi connectivity index (χ0n) is 15.3. The highest BCUT2D eigenvalue weighted by Crippen LogP contribution is 2.19. The number of nitrogens with one attached hydrogen (secondary N) is 2. The van der Waals surface area contributed by atoms with Crippen molar-refractivity contribution in [1.29, 1.82) is 0 Å². The number of nitrogens with zero attached hydrogens (tertiary/aromatic N) is 1. The van der Waals surface area contributed by atoms with Crippen LogP contribution in [0.1, 0.15) is 32.6 Å².